The normalized spacial score (nSPS) is 15.0. The van der Waals surface area contributed by atoms with Crippen molar-refractivity contribution in [2.45, 2.75) is 33.1 Å². The molecule has 140 valence electrons. The first-order valence-corrected chi connectivity index (χ1v) is 8.71. The van der Waals surface area contributed by atoms with Crippen molar-refractivity contribution in [3.05, 3.63) is 39.7 Å². The number of aryl methyl sites for hydroxylation is 1. The molecule has 0 unspecified atom stereocenters. The van der Waals surface area contributed by atoms with Gasteiger partial charge in [0.25, 0.3) is 5.56 Å². The van der Waals surface area contributed by atoms with E-state index in [9.17, 15) is 13.6 Å². The maximum atomic E-state index is 14.4. The van der Waals surface area contributed by atoms with E-state index in [0.717, 1.165) is 0 Å². The minimum atomic E-state index is -0.836. The summed E-state index contributed by atoms with van der Waals surface area (Å²) in [5.74, 6) is -0.784. The summed E-state index contributed by atoms with van der Waals surface area (Å²) in [6.07, 6.45) is 1.87. The molecule has 1 saturated heterocycles. The van der Waals surface area contributed by atoms with Crippen LogP contribution in [0.5, 0.6) is 0 Å². The van der Waals surface area contributed by atoms with E-state index < -0.39 is 11.4 Å². The summed E-state index contributed by atoms with van der Waals surface area (Å²) in [5.41, 5.74) is -0.222. The summed E-state index contributed by atoms with van der Waals surface area (Å²) in [6.45, 7) is 7.46. The van der Waals surface area contributed by atoms with Gasteiger partial charge in [0.1, 0.15) is 6.33 Å². The highest BCUT2D eigenvalue weighted by Crippen LogP contribution is 2.22. The first-order valence-electron chi connectivity index (χ1n) is 8.71. The van der Waals surface area contributed by atoms with Gasteiger partial charge in [-0.25, -0.2) is 19.3 Å². The van der Waals surface area contributed by atoms with Crippen molar-refractivity contribution in [1.29, 1.82) is 0 Å². The van der Waals surface area contributed by atoms with Crippen LogP contribution in [0, 0.1) is 11.6 Å². The van der Waals surface area contributed by atoms with Gasteiger partial charge in [-0.15, -0.1) is 0 Å². The van der Waals surface area contributed by atoms with Crippen molar-refractivity contribution in [2.75, 3.05) is 36.0 Å². The van der Waals surface area contributed by atoms with E-state index in [4.69, 9.17) is 0 Å². The number of aromatic amines is 1. The van der Waals surface area contributed by atoms with Crippen molar-refractivity contribution in [2.24, 2.45) is 0 Å². The summed E-state index contributed by atoms with van der Waals surface area (Å²) in [4.78, 5) is 30.3. The van der Waals surface area contributed by atoms with Gasteiger partial charge in [0.05, 0.1) is 11.4 Å². The molecule has 2 aromatic heterocycles. The molecule has 0 amide bonds. The Balaban J connectivity index is 1.78. The number of H-pyrrole nitrogens is 1. The predicted octanol–water partition coefficient (Wildman–Crippen LogP) is 1.85. The fourth-order valence-electron chi connectivity index (χ4n) is 2.99. The zero-order valence-electron chi connectivity index (χ0n) is 15.1. The number of hydrogen-bond donors (Lipinski definition) is 1. The molecule has 0 aromatic carbocycles. The van der Waals surface area contributed by atoms with Crippen molar-refractivity contribution >= 4 is 11.8 Å². The van der Waals surface area contributed by atoms with Gasteiger partial charge in [0.15, 0.2) is 11.6 Å². The smallest absolute Gasteiger partial charge is 0.288 e. The summed E-state index contributed by atoms with van der Waals surface area (Å²) in [7, 11) is 0. The molecule has 3 rings (SSSR count). The van der Waals surface area contributed by atoms with Crippen LogP contribution in [0.4, 0.5) is 20.5 Å². The van der Waals surface area contributed by atoms with Gasteiger partial charge in [0.2, 0.25) is 11.8 Å². The highest BCUT2D eigenvalue weighted by Gasteiger charge is 2.24. The first kappa shape index (κ1) is 18.2. The standard InChI is InChI=1S/C17H22F2N6O/c1-4-11-12(18)15(21-9-20-11)24-5-7-25(8-6-24)17-22-14(10(2)3)13(19)16(26)23-17/h9-10H,4-8H2,1-3H3,(H,22,23,26). The predicted molar refractivity (Wildman–Crippen MR) is 94.7 cm³/mol. The van der Waals surface area contributed by atoms with E-state index in [1.165, 1.54) is 6.33 Å². The van der Waals surface area contributed by atoms with E-state index in [1.807, 2.05) is 16.7 Å². The third kappa shape index (κ3) is 3.38. The van der Waals surface area contributed by atoms with Crippen molar-refractivity contribution in [1.82, 2.24) is 19.9 Å². The molecule has 1 fully saturated rings. The number of nitrogens with one attached hydrogen (secondary N) is 1. The van der Waals surface area contributed by atoms with Gasteiger partial charge in [-0.05, 0) is 12.3 Å². The molecule has 0 spiro atoms. The van der Waals surface area contributed by atoms with E-state index in [2.05, 4.69) is 19.9 Å². The molecule has 0 saturated carbocycles. The molecule has 3 heterocycles. The average molecular weight is 364 g/mol. The minimum Gasteiger partial charge on any atom is -0.351 e. The summed E-state index contributed by atoms with van der Waals surface area (Å²) in [6, 6.07) is 0. The monoisotopic (exact) mass is 364 g/mol. The van der Waals surface area contributed by atoms with Crippen LogP contribution in [0.3, 0.4) is 0 Å². The van der Waals surface area contributed by atoms with Crippen LogP contribution in [-0.2, 0) is 6.42 Å². The fourth-order valence-corrected chi connectivity index (χ4v) is 2.99. The van der Waals surface area contributed by atoms with E-state index in [-0.39, 0.29) is 17.4 Å². The van der Waals surface area contributed by atoms with Crippen LogP contribution in [0.25, 0.3) is 0 Å². The molecule has 1 aliphatic heterocycles. The molecular weight excluding hydrogens is 342 g/mol. The number of anilines is 2. The molecule has 0 radical (unpaired) electrons. The lowest BCUT2D eigenvalue weighted by atomic mass is 10.1. The maximum Gasteiger partial charge on any atom is 0.288 e. The maximum absolute atomic E-state index is 14.4. The van der Waals surface area contributed by atoms with Gasteiger partial charge in [0, 0.05) is 26.2 Å². The molecular formula is C17H22F2N6O. The summed E-state index contributed by atoms with van der Waals surface area (Å²) < 4.78 is 28.3. The van der Waals surface area contributed by atoms with Crippen molar-refractivity contribution < 1.29 is 8.78 Å². The molecule has 7 nitrogen and oxygen atoms in total. The number of hydrogen-bond acceptors (Lipinski definition) is 6. The lowest BCUT2D eigenvalue weighted by Crippen LogP contribution is -2.48. The Morgan fingerprint density at radius 3 is 2.38 bits per heavy atom. The second kappa shape index (κ2) is 7.35. The van der Waals surface area contributed by atoms with Crippen LogP contribution in [0.15, 0.2) is 11.1 Å². The Morgan fingerprint density at radius 2 is 1.77 bits per heavy atom. The first-order chi connectivity index (χ1) is 12.4. The minimum absolute atomic E-state index is 0.153. The summed E-state index contributed by atoms with van der Waals surface area (Å²) >= 11 is 0. The highest BCUT2D eigenvalue weighted by molar-refractivity contribution is 5.44. The van der Waals surface area contributed by atoms with E-state index in [1.54, 1.807) is 13.8 Å². The second-order valence-electron chi connectivity index (χ2n) is 6.53. The van der Waals surface area contributed by atoms with Crippen LogP contribution in [0.2, 0.25) is 0 Å². The Kier molecular flexibility index (Phi) is 5.15. The zero-order chi connectivity index (χ0) is 18.8. The van der Waals surface area contributed by atoms with E-state index >= 15 is 0 Å². The molecule has 2 aromatic rings. The molecule has 1 aliphatic rings. The fraction of sp³-hybridized carbons (Fsp3) is 0.529. The topological polar surface area (TPSA) is 78.0 Å². The molecule has 0 atom stereocenters. The third-order valence-electron chi connectivity index (χ3n) is 4.48. The largest absolute Gasteiger partial charge is 0.351 e. The summed E-state index contributed by atoms with van der Waals surface area (Å²) in [5, 5.41) is 0. The Labute approximate surface area is 150 Å². The molecule has 0 aliphatic carbocycles. The third-order valence-corrected chi connectivity index (χ3v) is 4.48. The molecule has 1 N–H and O–H groups in total. The lowest BCUT2D eigenvalue weighted by molar-refractivity contribution is 0.550. The number of aromatic nitrogens is 4. The zero-order valence-corrected chi connectivity index (χ0v) is 15.1. The number of piperazine rings is 1. The van der Waals surface area contributed by atoms with E-state index in [0.29, 0.717) is 50.1 Å². The average Bonchev–Trinajstić information content (AvgIpc) is 2.64. The Morgan fingerprint density at radius 1 is 1.12 bits per heavy atom. The van der Waals surface area contributed by atoms with Crippen LogP contribution < -0.4 is 15.4 Å². The van der Waals surface area contributed by atoms with Crippen LogP contribution >= 0.6 is 0 Å². The van der Waals surface area contributed by atoms with Gasteiger partial charge in [-0.3, -0.25) is 9.78 Å². The number of rotatable bonds is 4. The molecule has 9 heteroatoms. The van der Waals surface area contributed by atoms with Gasteiger partial charge in [-0.1, -0.05) is 20.8 Å². The molecule has 26 heavy (non-hydrogen) atoms. The van der Waals surface area contributed by atoms with Crippen molar-refractivity contribution in [3.63, 3.8) is 0 Å². The number of nitrogens with zero attached hydrogens (tertiary/aromatic N) is 5. The lowest BCUT2D eigenvalue weighted by Gasteiger charge is -2.35. The highest BCUT2D eigenvalue weighted by atomic mass is 19.1. The van der Waals surface area contributed by atoms with Gasteiger partial charge >= 0.3 is 0 Å². The van der Waals surface area contributed by atoms with Crippen LogP contribution in [0.1, 0.15) is 38.1 Å². The Hall–Kier alpha value is -2.58. The van der Waals surface area contributed by atoms with Gasteiger partial charge in [-0.2, -0.15) is 4.39 Å². The Bertz CT molecular complexity index is 846. The van der Waals surface area contributed by atoms with Crippen molar-refractivity contribution in [3.8, 4) is 0 Å². The second-order valence-corrected chi connectivity index (χ2v) is 6.53. The quantitative estimate of drug-likeness (QED) is 0.892. The SMILES string of the molecule is CCc1ncnc(N2CCN(c3nc(C(C)C)c(F)c(=O)[nH]3)CC2)c1F. The number of halogens is 2. The van der Waals surface area contributed by atoms with Gasteiger partial charge < -0.3 is 9.80 Å². The molecule has 0 bridgehead atoms. The van der Waals surface area contributed by atoms with Crippen LogP contribution in [-0.4, -0.2) is 46.1 Å².